The smallest absolute Gasteiger partial charge is 0.410 e. The Balaban J connectivity index is 1.17. The van der Waals surface area contributed by atoms with Gasteiger partial charge in [0.05, 0.1) is 17.3 Å². The SMILES string of the molecule is Cc1nc(C2CC2c2ccc(C(=O)N(C)C34CCCN(C(=O)OC(C)(C)C)C3C4)cc2Cl)c2ccsc2n1. The molecule has 3 fully saturated rings. The first-order chi connectivity index (χ1) is 18.0. The molecule has 2 amide bonds. The van der Waals surface area contributed by atoms with Crippen LogP contribution in [0, 0.1) is 6.92 Å². The average molecular weight is 553 g/mol. The lowest BCUT2D eigenvalue weighted by Gasteiger charge is -2.38. The number of nitrogens with zero attached hydrogens (tertiary/aromatic N) is 4. The highest BCUT2D eigenvalue weighted by molar-refractivity contribution is 7.16. The highest BCUT2D eigenvalue weighted by Gasteiger charge is 2.64. The van der Waals surface area contributed by atoms with Crippen LogP contribution in [0.5, 0.6) is 0 Å². The van der Waals surface area contributed by atoms with Crippen molar-refractivity contribution in [3.05, 3.63) is 57.3 Å². The summed E-state index contributed by atoms with van der Waals surface area (Å²) in [6.45, 7) is 8.22. The molecule has 200 valence electrons. The molecule has 0 N–H and O–H groups in total. The third-order valence-corrected chi connectivity index (χ3v) is 9.38. The second kappa shape index (κ2) is 8.91. The Morgan fingerprint density at radius 3 is 2.74 bits per heavy atom. The zero-order valence-electron chi connectivity index (χ0n) is 22.5. The fraction of sp³-hybridized carbons (Fsp3) is 0.517. The number of fused-ring (bicyclic) bond motifs is 2. The Labute approximate surface area is 232 Å². The highest BCUT2D eigenvalue weighted by atomic mass is 35.5. The van der Waals surface area contributed by atoms with Crippen molar-refractivity contribution in [2.45, 2.75) is 82.4 Å². The number of hydrogen-bond donors (Lipinski definition) is 0. The number of carbonyl (C=O) groups excluding carboxylic acids is 2. The van der Waals surface area contributed by atoms with Crippen LogP contribution in [0.25, 0.3) is 10.2 Å². The van der Waals surface area contributed by atoms with Crippen molar-refractivity contribution in [1.29, 1.82) is 0 Å². The summed E-state index contributed by atoms with van der Waals surface area (Å²) in [5, 5.41) is 3.81. The van der Waals surface area contributed by atoms with E-state index in [4.69, 9.17) is 21.3 Å². The molecule has 7 nitrogen and oxygen atoms in total. The van der Waals surface area contributed by atoms with E-state index in [9.17, 15) is 9.59 Å². The minimum Gasteiger partial charge on any atom is -0.444 e. The quantitative estimate of drug-likeness (QED) is 0.367. The Kier molecular flexibility index (Phi) is 6.00. The zero-order valence-corrected chi connectivity index (χ0v) is 24.0. The second-order valence-corrected chi connectivity index (χ2v) is 13.2. The highest BCUT2D eigenvalue weighted by Crippen LogP contribution is 2.57. The van der Waals surface area contributed by atoms with E-state index in [0.717, 1.165) is 53.0 Å². The lowest BCUT2D eigenvalue weighted by Crippen LogP contribution is -2.51. The number of rotatable bonds is 4. The molecule has 2 aliphatic carbocycles. The van der Waals surface area contributed by atoms with Crippen LogP contribution in [0.15, 0.2) is 29.6 Å². The maximum atomic E-state index is 13.6. The van der Waals surface area contributed by atoms with Crippen LogP contribution in [0.3, 0.4) is 0 Å². The first kappa shape index (κ1) is 25.6. The van der Waals surface area contributed by atoms with Gasteiger partial charge in [-0.25, -0.2) is 14.8 Å². The van der Waals surface area contributed by atoms with E-state index in [1.165, 1.54) is 0 Å². The predicted octanol–water partition coefficient (Wildman–Crippen LogP) is 6.54. The fourth-order valence-electron chi connectivity index (χ4n) is 6.19. The lowest BCUT2D eigenvalue weighted by atomic mass is 10.0. The van der Waals surface area contributed by atoms with Crippen molar-refractivity contribution in [1.82, 2.24) is 19.8 Å². The van der Waals surface area contributed by atoms with Crippen molar-refractivity contribution in [3.63, 3.8) is 0 Å². The third kappa shape index (κ3) is 4.35. The van der Waals surface area contributed by atoms with Gasteiger partial charge < -0.3 is 14.5 Å². The van der Waals surface area contributed by atoms with Crippen molar-refractivity contribution in [3.8, 4) is 0 Å². The molecule has 3 aliphatic rings. The van der Waals surface area contributed by atoms with Crippen LogP contribution in [0.1, 0.15) is 85.7 Å². The van der Waals surface area contributed by atoms with E-state index < -0.39 is 5.60 Å². The number of likely N-dealkylation sites (N-methyl/N-ethyl adjacent to an activating group) is 1. The fourth-order valence-corrected chi connectivity index (χ4v) is 7.33. The minimum absolute atomic E-state index is 0.00715. The van der Waals surface area contributed by atoms with Gasteiger partial charge in [0.15, 0.2) is 0 Å². The number of amides is 2. The molecule has 4 atom stereocenters. The number of aryl methyl sites for hydroxylation is 1. The van der Waals surface area contributed by atoms with Crippen molar-refractivity contribution < 1.29 is 14.3 Å². The van der Waals surface area contributed by atoms with Crippen molar-refractivity contribution in [2.75, 3.05) is 13.6 Å². The molecule has 6 rings (SSSR count). The summed E-state index contributed by atoms with van der Waals surface area (Å²) in [4.78, 5) is 40.4. The van der Waals surface area contributed by atoms with E-state index in [1.54, 1.807) is 22.3 Å². The molecule has 0 spiro atoms. The molecule has 4 unspecified atom stereocenters. The summed E-state index contributed by atoms with van der Waals surface area (Å²) < 4.78 is 5.63. The summed E-state index contributed by atoms with van der Waals surface area (Å²) >= 11 is 8.42. The standard InChI is InChI=1S/C29H33ClN4O3S/c1-16-31-24(19-9-12-38-25(19)32-16)21-14-20(21)18-8-7-17(13-22(18)30)26(35)33(5)29-10-6-11-34(23(29)15-29)27(36)37-28(2,3)4/h7-9,12-13,20-21,23H,6,10-11,14-15H2,1-5H3. The molecule has 1 saturated heterocycles. The number of benzene rings is 1. The maximum absolute atomic E-state index is 13.6. The van der Waals surface area contributed by atoms with Crippen LogP contribution >= 0.6 is 22.9 Å². The molecule has 1 aromatic carbocycles. The molecule has 9 heteroatoms. The van der Waals surface area contributed by atoms with Gasteiger partial charge in [0.25, 0.3) is 5.91 Å². The Morgan fingerprint density at radius 1 is 1.21 bits per heavy atom. The number of thiophene rings is 1. The summed E-state index contributed by atoms with van der Waals surface area (Å²) in [6, 6.07) is 7.79. The monoisotopic (exact) mass is 552 g/mol. The summed E-state index contributed by atoms with van der Waals surface area (Å²) in [5.41, 5.74) is 1.85. The molecule has 3 heterocycles. The molecular weight excluding hydrogens is 520 g/mol. The number of piperidine rings is 1. The van der Waals surface area contributed by atoms with E-state index >= 15 is 0 Å². The lowest BCUT2D eigenvalue weighted by molar-refractivity contribution is 0.0116. The normalized spacial score (nSPS) is 26.2. The molecule has 1 aliphatic heterocycles. The average Bonchev–Trinajstić information content (AvgIpc) is 3.75. The second-order valence-electron chi connectivity index (χ2n) is 11.9. The number of halogens is 1. The Hall–Kier alpha value is -2.71. The van der Waals surface area contributed by atoms with Crippen molar-refractivity contribution >= 4 is 45.2 Å². The van der Waals surface area contributed by atoms with E-state index in [0.29, 0.717) is 23.0 Å². The minimum atomic E-state index is -0.547. The summed E-state index contributed by atoms with van der Waals surface area (Å²) in [6.07, 6.45) is 3.19. The van der Waals surface area contributed by atoms with Gasteiger partial charge in [-0.15, -0.1) is 11.3 Å². The molecule has 38 heavy (non-hydrogen) atoms. The number of ether oxygens (including phenoxy) is 1. The van der Waals surface area contributed by atoms with Gasteiger partial charge in [-0.05, 0) is 88.4 Å². The van der Waals surface area contributed by atoms with Gasteiger partial charge in [0, 0.05) is 35.5 Å². The molecule has 0 radical (unpaired) electrons. The third-order valence-electron chi connectivity index (χ3n) is 8.25. The topological polar surface area (TPSA) is 75.6 Å². The van der Waals surface area contributed by atoms with Gasteiger partial charge in [-0.3, -0.25) is 4.79 Å². The zero-order chi connectivity index (χ0) is 27.0. The van der Waals surface area contributed by atoms with Gasteiger partial charge in [0.2, 0.25) is 0 Å². The largest absolute Gasteiger partial charge is 0.444 e. The predicted molar refractivity (Wildman–Crippen MR) is 149 cm³/mol. The first-order valence-electron chi connectivity index (χ1n) is 13.3. The van der Waals surface area contributed by atoms with Crippen molar-refractivity contribution in [2.24, 2.45) is 0 Å². The van der Waals surface area contributed by atoms with E-state index in [1.807, 2.05) is 51.8 Å². The van der Waals surface area contributed by atoms with Gasteiger partial charge in [-0.1, -0.05) is 17.7 Å². The number of carbonyl (C=O) groups is 2. The van der Waals surface area contributed by atoms with Gasteiger partial charge >= 0.3 is 6.09 Å². The molecule has 2 aromatic heterocycles. The molecule has 2 saturated carbocycles. The molecule has 0 bridgehead atoms. The van der Waals surface area contributed by atoms with Crippen LogP contribution in [0.2, 0.25) is 5.02 Å². The number of hydrogen-bond acceptors (Lipinski definition) is 6. The number of aromatic nitrogens is 2. The van der Waals surface area contributed by atoms with E-state index in [2.05, 4.69) is 16.4 Å². The van der Waals surface area contributed by atoms with Crippen LogP contribution in [-0.2, 0) is 4.74 Å². The van der Waals surface area contributed by atoms with Crippen LogP contribution < -0.4 is 0 Å². The van der Waals surface area contributed by atoms with E-state index in [-0.39, 0.29) is 29.5 Å². The maximum Gasteiger partial charge on any atom is 0.410 e. The van der Waals surface area contributed by atoms with Crippen LogP contribution in [-0.4, -0.2) is 62.5 Å². The van der Waals surface area contributed by atoms with Gasteiger partial charge in [0.1, 0.15) is 16.3 Å². The molecular formula is C29H33ClN4O3S. The Bertz CT molecular complexity index is 1450. The Morgan fingerprint density at radius 2 is 2.00 bits per heavy atom. The summed E-state index contributed by atoms with van der Waals surface area (Å²) in [7, 11) is 1.85. The van der Waals surface area contributed by atoms with Crippen LogP contribution in [0.4, 0.5) is 4.79 Å². The first-order valence-corrected chi connectivity index (χ1v) is 14.5. The summed E-state index contributed by atoms with van der Waals surface area (Å²) in [5.74, 6) is 1.32. The number of likely N-dealkylation sites (tertiary alicyclic amines) is 1. The molecule has 3 aromatic rings. The van der Waals surface area contributed by atoms with Gasteiger partial charge in [-0.2, -0.15) is 0 Å².